The van der Waals surface area contributed by atoms with Crippen molar-refractivity contribution in [3.05, 3.63) is 94.0 Å². The average molecular weight is 585 g/mol. The lowest BCUT2D eigenvalue weighted by molar-refractivity contribution is -0.136. The minimum atomic E-state index is -0.407. The highest BCUT2D eigenvalue weighted by atomic mass is 79.9. The second-order valence-electron chi connectivity index (χ2n) is 9.79. The maximum absolute atomic E-state index is 13.9. The van der Waals surface area contributed by atoms with Crippen molar-refractivity contribution in [1.82, 2.24) is 14.4 Å². The summed E-state index contributed by atoms with van der Waals surface area (Å²) in [5, 5.41) is 0. The summed E-state index contributed by atoms with van der Waals surface area (Å²) in [6.07, 6.45) is 7.34. The smallest absolute Gasteiger partial charge is 0.254 e. The Labute approximate surface area is 232 Å². The van der Waals surface area contributed by atoms with Crippen LogP contribution in [0.25, 0.3) is 0 Å². The molecule has 0 unspecified atom stereocenters. The fourth-order valence-electron chi connectivity index (χ4n) is 5.00. The van der Waals surface area contributed by atoms with Gasteiger partial charge in [0.15, 0.2) is 0 Å². The van der Waals surface area contributed by atoms with E-state index in [4.69, 9.17) is 4.74 Å². The molecular weight excluding hydrogens is 549 g/mol. The number of ether oxygens (including phenoxy) is 1. The Bertz CT molecular complexity index is 1190. The highest BCUT2D eigenvalue weighted by Crippen LogP contribution is 2.25. The van der Waals surface area contributed by atoms with E-state index in [2.05, 4.69) is 38.7 Å². The number of amides is 2. The van der Waals surface area contributed by atoms with Crippen LogP contribution in [0, 0.1) is 5.82 Å². The Morgan fingerprint density at radius 2 is 1.74 bits per heavy atom. The fraction of sp³-hybridized carbons (Fsp3) is 0.400. The number of benzene rings is 2. The van der Waals surface area contributed by atoms with Crippen LogP contribution in [0.1, 0.15) is 53.7 Å². The third-order valence-electron chi connectivity index (χ3n) is 7.13. The van der Waals surface area contributed by atoms with Gasteiger partial charge < -0.3 is 19.1 Å². The summed E-state index contributed by atoms with van der Waals surface area (Å²) in [7, 11) is 1.57. The molecule has 4 rings (SSSR count). The van der Waals surface area contributed by atoms with Gasteiger partial charge in [0.2, 0.25) is 5.91 Å². The fourth-order valence-corrected chi connectivity index (χ4v) is 5.27. The summed E-state index contributed by atoms with van der Waals surface area (Å²) in [5.74, 6) is -0.798. The number of aromatic nitrogens is 1. The van der Waals surface area contributed by atoms with Crippen LogP contribution in [0.2, 0.25) is 0 Å². The molecule has 1 fully saturated rings. The Morgan fingerprint density at radius 3 is 2.42 bits per heavy atom. The van der Waals surface area contributed by atoms with Crippen LogP contribution in [0.15, 0.2) is 71.3 Å². The molecule has 0 spiro atoms. The van der Waals surface area contributed by atoms with Gasteiger partial charge in [-0.3, -0.25) is 9.59 Å². The van der Waals surface area contributed by atoms with Crippen molar-refractivity contribution in [2.24, 2.45) is 0 Å². The largest absolute Gasteiger partial charge is 0.383 e. The van der Waals surface area contributed by atoms with Gasteiger partial charge in [0.25, 0.3) is 5.91 Å². The molecule has 0 atom stereocenters. The molecule has 0 bridgehead atoms. The number of nitrogens with zero attached hydrogens (tertiary/aromatic N) is 3. The second-order valence-corrected chi connectivity index (χ2v) is 10.7. The molecule has 202 valence electrons. The van der Waals surface area contributed by atoms with Gasteiger partial charge in [0.05, 0.1) is 13.2 Å². The monoisotopic (exact) mass is 583 g/mol. The average Bonchev–Trinajstić information content (AvgIpc) is 3.37. The predicted octanol–water partition coefficient (Wildman–Crippen LogP) is 5.89. The van der Waals surface area contributed by atoms with Crippen LogP contribution >= 0.6 is 15.9 Å². The minimum Gasteiger partial charge on any atom is -0.383 e. The number of carbonyl (C=O) groups is 2. The number of methoxy groups -OCH3 is 1. The molecule has 2 aromatic carbocycles. The molecule has 0 radical (unpaired) electrons. The number of carbonyl (C=O) groups excluding carboxylic acids is 2. The summed E-state index contributed by atoms with van der Waals surface area (Å²) >= 11 is 3.49. The van der Waals surface area contributed by atoms with Crippen LogP contribution in [-0.2, 0) is 22.6 Å². The molecule has 1 aliphatic rings. The third kappa shape index (κ3) is 7.54. The van der Waals surface area contributed by atoms with Gasteiger partial charge in [-0.2, -0.15) is 0 Å². The molecule has 0 saturated heterocycles. The lowest BCUT2D eigenvalue weighted by atomic mass is 9.94. The Morgan fingerprint density at radius 1 is 1.03 bits per heavy atom. The molecule has 3 aromatic rings. The van der Waals surface area contributed by atoms with Crippen molar-refractivity contribution < 1.29 is 18.7 Å². The molecule has 1 saturated carbocycles. The summed E-state index contributed by atoms with van der Waals surface area (Å²) in [6.45, 7) is 1.72. The van der Waals surface area contributed by atoms with E-state index in [1.165, 1.54) is 41.1 Å². The normalized spacial score (nSPS) is 13.9. The molecular formula is C30H35BrFN3O3. The molecule has 1 heterocycles. The first kappa shape index (κ1) is 28.0. The van der Waals surface area contributed by atoms with E-state index in [1.54, 1.807) is 7.11 Å². The van der Waals surface area contributed by atoms with Gasteiger partial charge in [-0.25, -0.2) is 4.39 Å². The van der Waals surface area contributed by atoms with E-state index < -0.39 is 5.82 Å². The quantitative estimate of drug-likeness (QED) is 0.283. The Kier molecular flexibility index (Phi) is 10.1. The molecule has 1 aromatic heterocycles. The molecule has 1 aliphatic carbocycles. The van der Waals surface area contributed by atoms with Crippen molar-refractivity contribution in [3.63, 3.8) is 0 Å². The third-order valence-corrected chi connectivity index (χ3v) is 7.66. The van der Waals surface area contributed by atoms with Crippen molar-refractivity contribution in [2.75, 3.05) is 26.8 Å². The highest BCUT2D eigenvalue weighted by molar-refractivity contribution is 9.10. The lowest BCUT2D eigenvalue weighted by Crippen LogP contribution is -2.48. The maximum atomic E-state index is 13.9. The van der Waals surface area contributed by atoms with Crippen LogP contribution in [-0.4, -0.2) is 59.0 Å². The van der Waals surface area contributed by atoms with Gasteiger partial charge in [-0.05, 0) is 66.9 Å². The van der Waals surface area contributed by atoms with Gasteiger partial charge in [-0.1, -0.05) is 47.3 Å². The first-order chi connectivity index (χ1) is 18.4. The number of halogens is 2. The highest BCUT2D eigenvalue weighted by Gasteiger charge is 2.29. The zero-order valence-corrected chi connectivity index (χ0v) is 23.4. The maximum Gasteiger partial charge on any atom is 0.254 e. The predicted molar refractivity (Wildman–Crippen MR) is 149 cm³/mol. The summed E-state index contributed by atoms with van der Waals surface area (Å²) in [4.78, 5) is 30.6. The van der Waals surface area contributed by atoms with Crippen LogP contribution in [0.3, 0.4) is 0 Å². The molecule has 8 heteroatoms. The minimum absolute atomic E-state index is 0.0521. The number of hydrogen-bond donors (Lipinski definition) is 0. The van der Waals surface area contributed by atoms with Gasteiger partial charge >= 0.3 is 0 Å². The van der Waals surface area contributed by atoms with Crippen molar-refractivity contribution in [3.8, 4) is 0 Å². The van der Waals surface area contributed by atoms with E-state index in [9.17, 15) is 14.0 Å². The standard InChI is InChI=1S/C30H35BrFN3O3/c1-38-19-18-34(30(37)24-11-15-26(32)16-12-24)22-29(36)35(27-6-3-2-4-7-27)21-28-8-5-17-33(28)20-23-9-13-25(31)14-10-23/h5,8-17,27H,2-4,6-7,18-22H2,1H3. The summed E-state index contributed by atoms with van der Waals surface area (Å²) in [6, 6.07) is 17.9. The van der Waals surface area contributed by atoms with Crippen molar-refractivity contribution >= 4 is 27.7 Å². The molecule has 6 nitrogen and oxygen atoms in total. The SMILES string of the molecule is COCCN(CC(=O)N(Cc1cccn1Cc1ccc(Br)cc1)C1CCCCC1)C(=O)c1ccc(F)cc1. The van der Waals surface area contributed by atoms with Crippen LogP contribution in [0.4, 0.5) is 4.39 Å². The van der Waals surface area contributed by atoms with E-state index in [-0.39, 0.29) is 30.9 Å². The van der Waals surface area contributed by atoms with E-state index >= 15 is 0 Å². The Balaban J connectivity index is 1.54. The molecule has 2 amide bonds. The van der Waals surface area contributed by atoms with Gasteiger partial charge in [0, 0.05) is 48.2 Å². The first-order valence-electron chi connectivity index (χ1n) is 13.2. The first-order valence-corrected chi connectivity index (χ1v) is 14.0. The summed E-state index contributed by atoms with van der Waals surface area (Å²) < 4.78 is 21.9. The van der Waals surface area contributed by atoms with Crippen molar-refractivity contribution in [2.45, 2.75) is 51.2 Å². The van der Waals surface area contributed by atoms with E-state index in [0.717, 1.165) is 35.8 Å². The zero-order valence-electron chi connectivity index (χ0n) is 21.8. The van der Waals surface area contributed by atoms with Gasteiger partial charge in [-0.15, -0.1) is 0 Å². The molecule has 0 N–H and O–H groups in total. The van der Waals surface area contributed by atoms with E-state index in [1.807, 2.05) is 29.3 Å². The zero-order chi connectivity index (χ0) is 26.9. The topological polar surface area (TPSA) is 54.8 Å². The summed E-state index contributed by atoms with van der Waals surface area (Å²) in [5.41, 5.74) is 2.58. The second kappa shape index (κ2) is 13.7. The molecule has 38 heavy (non-hydrogen) atoms. The van der Waals surface area contributed by atoms with Crippen LogP contribution < -0.4 is 0 Å². The molecule has 0 aliphatic heterocycles. The lowest BCUT2D eigenvalue weighted by Gasteiger charge is -2.36. The van der Waals surface area contributed by atoms with Crippen LogP contribution in [0.5, 0.6) is 0 Å². The number of rotatable bonds is 11. The van der Waals surface area contributed by atoms with Gasteiger partial charge in [0.1, 0.15) is 12.4 Å². The Hall–Kier alpha value is -2.97. The number of hydrogen-bond acceptors (Lipinski definition) is 3. The van der Waals surface area contributed by atoms with Crippen molar-refractivity contribution in [1.29, 1.82) is 0 Å². The van der Waals surface area contributed by atoms with E-state index in [0.29, 0.717) is 25.3 Å².